The number of halogens is 1. The molecule has 0 aromatic carbocycles. The number of hydrogen-bond acceptors (Lipinski definition) is 4. The SMILES string of the molecule is CCN(CCC(O)c1ccc(F)cn1)Cc1ccccn1. The van der Waals surface area contributed by atoms with Crippen molar-refractivity contribution in [1.29, 1.82) is 0 Å². The first-order chi connectivity index (χ1) is 10.2. The van der Waals surface area contributed by atoms with Gasteiger partial charge in [0.2, 0.25) is 0 Å². The van der Waals surface area contributed by atoms with E-state index in [1.165, 1.54) is 12.1 Å². The van der Waals surface area contributed by atoms with Crippen molar-refractivity contribution >= 4 is 0 Å². The summed E-state index contributed by atoms with van der Waals surface area (Å²) in [5, 5.41) is 10.1. The lowest BCUT2D eigenvalue weighted by Crippen LogP contribution is -2.26. The van der Waals surface area contributed by atoms with Crippen LogP contribution in [-0.4, -0.2) is 33.1 Å². The van der Waals surface area contributed by atoms with Crippen LogP contribution in [0.25, 0.3) is 0 Å². The topological polar surface area (TPSA) is 49.2 Å². The van der Waals surface area contributed by atoms with Gasteiger partial charge < -0.3 is 5.11 Å². The molecule has 2 aromatic rings. The lowest BCUT2D eigenvalue weighted by atomic mass is 10.1. The summed E-state index contributed by atoms with van der Waals surface area (Å²) < 4.78 is 12.8. The van der Waals surface area contributed by atoms with Crippen molar-refractivity contribution in [2.75, 3.05) is 13.1 Å². The van der Waals surface area contributed by atoms with Crippen LogP contribution in [0, 0.1) is 5.82 Å². The van der Waals surface area contributed by atoms with E-state index in [4.69, 9.17) is 0 Å². The van der Waals surface area contributed by atoms with Gasteiger partial charge in [-0.2, -0.15) is 0 Å². The minimum absolute atomic E-state index is 0.392. The van der Waals surface area contributed by atoms with Crippen LogP contribution in [0.1, 0.15) is 30.8 Å². The van der Waals surface area contributed by atoms with Gasteiger partial charge in [0, 0.05) is 19.3 Å². The summed E-state index contributed by atoms with van der Waals surface area (Å²) in [6.45, 7) is 4.43. The van der Waals surface area contributed by atoms with Crippen molar-refractivity contribution in [1.82, 2.24) is 14.9 Å². The summed E-state index contributed by atoms with van der Waals surface area (Å²) in [6, 6.07) is 8.68. The zero-order valence-corrected chi connectivity index (χ0v) is 12.1. The van der Waals surface area contributed by atoms with Crippen molar-refractivity contribution < 1.29 is 9.50 Å². The Morgan fingerprint density at radius 1 is 1.24 bits per heavy atom. The van der Waals surface area contributed by atoms with Gasteiger partial charge in [-0.05, 0) is 37.2 Å². The maximum Gasteiger partial charge on any atom is 0.141 e. The molecule has 0 amide bonds. The van der Waals surface area contributed by atoms with Crippen molar-refractivity contribution in [2.45, 2.75) is 26.0 Å². The molecule has 0 radical (unpaired) electrons. The van der Waals surface area contributed by atoms with Gasteiger partial charge in [0.1, 0.15) is 5.82 Å². The fourth-order valence-corrected chi connectivity index (χ4v) is 2.11. The first-order valence-electron chi connectivity index (χ1n) is 7.11. The van der Waals surface area contributed by atoms with Gasteiger partial charge in [0.15, 0.2) is 0 Å². The molecule has 0 saturated heterocycles. The molecule has 21 heavy (non-hydrogen) atoms. The molecule has 0 aliphatic rings. The fraction of sp³-hybridized carbons (Fsp3) is 0.375. The lowest BCUT2D eigenvalue weighted by molar-refractivity contribution is 0.137. The van der Waals surface area contributed by atoms with E-state index < -0.39 is 11.9 Å². The summed E-state index contributed by atoms with van der Waals surface area (Å²) in [5.41, 5.74) is 1.51. The summed E-state index contributed by atoms with van der Waals surface area (Å²) in [6.07, 6.45) is 2.78. The first kappa shape index (κ1) is 15.5. The Morgan fingerprint density at radius 3 is 2.71 bits per heavy atom. The van der Waals surface area contributed by atoms with Crippen LogP contribution in [0.15, 0.2) is 42.7 Å². The van der Waals surface area contributed by atoms with E-state index in [1.807, 2.05) is 18.2 Å². The number of aliphatic hydroxyl groups excluding tert-OH is 1. The third-order valence-corrected chi connectivity index (χ3v) is 3.37. The van der Waals surface area contributed by atoms with E-state index >= 15 is 0 Å². The van der Waals surface area contributed by atoms with E-state index in [0.29, 0.717) is 12.1 Å². The summed E-state index contributed by atoms with van der Waals surface area (Å²) >= 11 is 0. The summed E-state index contributed by atoms with van der Waals surface area (Å²) in [4.78, 5) is 10.4. The number of nitrogens with zero attached hydrogens (tertiary/aromatic N) is 3. The van der Waals surface area contributed by atoms with E-state index in [2.05, 4.69) is 21.8 Å². The fourth-order valence-electron chi connectivity index (χ4n) is 2.11. The third-order valence-electron chi connectivity index (χ3n) is 3.37. The molecule has 2 heterocycles. The molecular formula is C16H20FN3O. The number of pyridine rings is 2. The number of aromatic nitrogens is 2. The molecule has 0 saturated carbocycles. The zero-order chi connectivity index (χ0) is 15.1. The molecule has 0 fully saturated rings. The predicted molar refractivity (Wildman–Crippen MR) is 79.0 cm³/mol. The molecule has 5 heteroatoms. The van der Waals surface area contributed by atoms with Gasteiger partial charge in [-0.3, -0.25) is 14.9 Å². The molecule has 4 nitrogen and oxygen atoms in total. The van der Waals surface area contributed by atoms with Gasteiger partial charge in [-0.1, -0.05) is 13.0 Å². The highest BCUT2D eigenvalue weighted by Crippen LogP contribution is 2.15. The number of hydrogen-bond donors (Lipinski definition) is 1. The van der Waals surface area contributed by atoms with Gasteiger partial charge in [-0.25, -0.2) is 4.39 Å². The van der Waals surface area contributed by atoms with Crippen LogP contribution in [0.5, 0.6) is 0 Å². The molecule has 112 valence electrons. The predicted octanol–water partition coefficient (Wildman–Crippen LogP) is 2.56. The summed E-state index contributed by atoms with van der Waals surface area (Å²) in [7, 11) is 0. The second kappa shape index (κ2) is 7.81. The Bertz CT molecular complexity index is 533. The largest absolute Gasteiger partial charge is 0.387 e. The normalized spacial score (nSPS) is 12.6. The Kier molecular flexibility index (Phi) is 5.78. The van der Waals surface area contributed by atoms with Crippen LogP contribution in [0.3, 0.4) is 0 Å². The van der Waals surface area contributed by atoms with E-state index in [9.17, 15) is 9.50 Å². The van der Waals surface area contributed by atoms with Gasteiger partial charge >= 0.3 is 0 Å². The maximum atomic E-state index is 12.8. The van der Waals surface area contributed by atoms with Crippen LogP contribution >= 0.6 is 0 Å². The van der Waals surface area contributed by atoms with Crippen LogP contribution in [-0.2, 0) is 6.54 Å². The van der Waals surface area contributed by atoms with E-state index in [-0.39, 0.29) is 0 Å². The monoisotopic (exact) mass is 289 g/mol. The smallest absolute Gasteiger partial charge is 0.141 e. The van der Waals surface area contributed by atoms with Gasteiger partial charge in [0.05, 0.1) is 23.7 Å². The molecule has 0 bridgehead atoms. The molecule has 1 N–H and O–H groups in total. The highest BCUT2D eigenvalue weighted by Gasteiger charge is 2.12. The molecule has 0 spiro atoms. The standard InChI is InChI=1S/C16H20FN3O/c1-2-20(12-14-5-3-4-9-18-14)10-8-16(21)15-7-6-13(17)11-19-15/h3-7,9,11,16,21H,2,8,10,12H2,1H3. The third kappa shape index (κ3) is 4.88. The van der Waals surface area contributed by atoms with Crippen molar-refractivity contribution in [3.8, 4) is 0 Å². The molecule has 2 aromatic heterocycles. The Labute approximate surface area is 124 Å². The Morgan fingerprint density at radius 2 is 2.10 bits per heavy atom. The molecule has 1 unspecified atom stereocenters. The second-order valence-corrected chi connectivity index (χ2v) is 4.90. The number of aliphatic hydroxyl groups is 1. The second-order valence-electron chi connectivity index (χ2n) is 4.90. The Balaban J connectivity index is 1.86. The van der Waals surface area contributed by atoms with Gasteiger partial charge in [-0.15, -0.1) is 0 Å². The number of rotatable bonds is 7. The minimum Gasteiger partial charge on any atom is -0.387 e. The summed E-state index contributed by atoms with van der Waals surface area (Å²) in [5.74, 6) is -0.392. The van der Waals surface area contributed by atoms with Crippen LogP contribution in [0.4, 0.5) is 4.39 Å². The molecular weight excluding hydrogens is 269 g/mol. The van der Waals surface area contributed by atoms with Crippen molar-refractivity contribution in [3.05, 3.63) is 59.9 Å². The molecule has 1 atom stereocenters. The Hall–Kier alpha value is -1.85. The van der Waals surface area contributed by atoms with Crippen LogP contribution in [0.2, 0.25) is 0 Å². The maximum absolute atomic E-state index is 12.8. The first-order valence-corrected chi connectivity index (χ1v) is 7.11. The van der Waals surface area contributed by atoms with E-state index in [0.717, 1.165) is 31.5 Å². The average Bonchev–Trinajstić information content (AvgIpc) is 2.52. The highest BCUT2D eigenvalue weighted by molar-refractivity contribution is 5.08. The van der Waals surface area contributed by atoms with Crippen LogP contribution < -0.4 is 0 Å². The zero-order valence-electron chi connectivity index (χ0n) is 12.1. The van der Waals surface area contributed by atoms with Gasteiger partial charge in [0.25, 0.3) is 0 Å². The molecule has 0 aliphatic heterocycles. The average molecular weight is 289 g/mol. The quantitative estimate of drug-likeness (QED) is 0.851. The van der Waals surface area contributed by atoms with Crippen molar-refractivity contribution in [2.24, 2.45) is 0 Å². The minimum atomic E-state index is -0.677. The highest BCUT2D eigenvalue weighted by atomic mass is 19.1. The van der Waals surface area contributed by atoms with Crippen molar-refractivity contribution in [3.63, 3.8) is 0 Å². The van der Waals surface area contributed by atoms with E-state index in [1.54, 1.807) is 6.20 Å². The lowest BCUT2D eigenvalue weighted by Gasteiger charge is -2.21. The molecule has 2 rings (SSSR count). The molecule has 0 aliphatic carbocycles.